The minimum atomic E-state index is -0.116. The fourth-order valence-electron chi connectivity index (χ4n) is 2.89. The zero-order valence-corrected chi connectivity index (χ0v) is 15.5. The minimum Gasteiger partial charge on any atom is -0.458 e. The van der Waals surface area contributed by atoms with Crippen LogP contribution in [-0.2, 0) is 16.1 Å². The molecule has 24 heavy (non-hydrogen) atoms. The SMILES string of the molecule is CCCCCCCCCCCCCCCC(=O)OCc1ncc[nH]1. The van der Waals surface area contributed by atoms with E-state index in [1.54, 1.807) is 12.4 Å². The van der Waals surface area contributed by atoms with E-state index in [0.29, 0.717) is 12.2 Å². The van der Waals surface area contributed by atoms with Crippen LogP contribution in [0.5, 0.6) is 0 Å². The molecule has 1 aromatic heterocycles. The maximum absolute atomic E-state index is 11.6. The molecule has 138 valence electrons. The van der Waals surface area contributed by atoms with Gasteiger partial charge < -0.3 is 9.72 Å². The molecule has 0 spiro atoms. The number of carbonyl (C=O) groups is 1. The quantitative estimate of drug-likeness (QED) is 0.300. The van der Waals surface area contributed by atoms with Crippen LogP contribution in [0.3, 0.4) is 0 Å². The summed E-state index contributed by atoms with van der Waals surface area (Å²) in [5.74, 6) is 0.586. The van der Waals surface area contributed by atoms with Gasteiger partial charge in [0, 0.05) is 18.8 Å². The van der Waals surface area contributed by atoms with E-state index in [1.807, 2.05) is 0 Å². The first-order chi connectivity index (χ1) is 11.8. The molecular formula is C20H36N2O2. The lowest BCUT2D eigenvalue weighted by atomic mass is 10.0. The molecule has 1 rings (SSSR count). The number of hydrogen-bond acceptors (Lipinski definition) is 3. The van der Waals surface area contributed by atoms with E-state index in [1.165, 1.54) is 70.6 Å². The second-order valence-corrected chi connectivity index (χ2v) is 6.69. The molecule has 1 N–H and O–H groups in total. The number of hydrogen-bond donors (Lipinski definition) is 1. The number of H-pyrrole nitrogens is 1. The predicted molar refractivity (Wildman–Crippen MR) is 98.7 cm³/mol. The maximum Gasteiger partial charge on any atom is 0.306 e. The molecule has 1 heterocycles. The van der Waals surface area contributed by atoms with Crippen molar-refractivity contribution in [2.24, 2.45) is 0 Å². The third-order valence-corrected chi connectivity index (χ3v) is 4.41. The molecule has 0 aliphatic rings. The first kappa shape index (κ1) is 20.7. The summed E-state index contributed by atoms with van der Waals surface area (Å²) in [5.41, 5.74) is 0. The summed E-state index contributed by atoms with van der Waals surface area (Å²) in [6, 6.07) is 0. The van der Waals surface area contributed by atoms with Crippen molar-refractivity contribution < 1.29 is 9.53 Å². The highest BCUT2D eigenvalue weighted by atomic mass is 16.5. The Morgan fingerprint density at radius 3 is 1.96 bits per heavy atom. The van der Waals surface area contributed by atoms with Crippen molar-refractivity contribution in [3.63, 3.8) is 0 Å². The Kier molecular flexibility index (Phi) is 13.1. The molecule has 1 aromatic rings. The number of rotatable bonds is 16. The second-order valence-electron chi connectivity index (χ2n) is 6.69. The van der Waals surface area contributed by atoms with Crippen LogP contribution >= 0.6 is 0 Å². The topological polar surface area (TPSA) is 55.0 Å². The van der Waals surface area contributed by atoms with Crippen molar-refractivity contribution in [1.29, 1.82) is 0 Å². The van der Waals surface area contributed by atoms with Gasteiger partial charge in [-0.3, -0.25) is 4.79 Å². The Balaban J connectivity index is 1.76. The summed E-state index contributed by atoms with van der Waals surface area (Å²) in [5, 5.41) is 0. The molecule has 0 atom stereocenters. The Morgan fingerprint density at radius 2 is 1.46 bits per heavy atom. The van der Waals surface area contributed by atoms with Gasteiger partial charge in [-0.05, 0) is 6.42 Å². The van der Waals surface area contributed by atoms with Gasteiger partial charge in [0.15, 0.2) is 0 Å². The van der Waals surface area contributed by atoms with Gasteiger partial charge in [-0.25, -0.2) is 4.98 Å². The van der Waals surface area contributed by atoms with Gasteiger partial charge >= 0.3 is 5.97 Å². The van der Waals surface area contributed by atoms with Crippen LogP contribution in [0.4, 0.5) is 0 Å². The van der Waals surface area contributed by atoms with Crippen LogP contribution in [0.15, 0.2) is 12.4 Å². The summed E-state index contributed by atoms with van der Waals surface area (Å²) in [7, 11) is 0. The zero-order valence-electron chi connectivity index (χ0n) is 15.5. The normalized spacial score (nSPS) is 10.9. The highest BCUT2D eigenvalue weighted by Crippen LogP contribution is 2.13. The standard InChI is InChI=1S/C20H36N2O2/c1-2-3-4-5-6-7-8-9-10-11-12-13-14-15-20(23)24-18-19-21-16-17-22-19/h16-17H,2-15,18H2,1H3,(H,21,22). The number of aromatic amines is 1. The third kappa shape index (κ3) is 12.1. The van der Waals surface area contributed by atoms with Crippen molar-refractivity contribution >= 4 is 5.97 Å². The molecule has 4 nitrogen and oxygen atoms in total. The number of ether oxygens (including phenoxy) is 1. The fourth-order valence-corrected chi connectivity index (χ4v) is 2.89. The van der Waals surface area contributed by atoms with Gasteiger partial charge in [-0.15, -0.1) is 0 Å². The maximum atomic E-state index is 11.6. The van der Waals surface area contributed by atoms with Crippen LogP contribution in [0.1, 0.15) is 103 Å². The molecule has 0 aliphatic carbocycles. The molecule has 0 bridgehead atoms. The van der Waals surface area contributed by atoms with E-state index < -0.39 is 0 Å². The van der Waals surface area contributed by atoms with E-state index in [-0.39, 0.29) is 12.6 Å². The van der Waals surface area contributed by atoms with Gasteiger partial charge in [0.2, 0.25) is 0 Å². The third-order valence-electron chi connectivity index (χ3n) is 4.41. The van der Waals surface area contributed by atoms with Crippen LogP contribution in [0, 0.1) is 0 Å². The number of unbranched alkanes of at least 4 members (excludes halogenated alkanes) is 12. The van der Waals surface area contributed by atoms with E-state index in [0.717, 1.165) is 12.8 Å². The van der Waals surface area contributed by atoms with Crippen molar-refractivity contribution in [2.75, 3.05) is 0 Å². The Hall–Kier alpha value is -1.32. The van der Waals surface area contributed by atoms with E-state index >= 15 is 0 Å². The van der Waals surface area contributed by atoms with Crippen LogP contribution < -0.4 is 0 Å². The number of nitrogens with zero attached hydrogens (tertiary/aromatic N) is 1. The molecular weight excluding hydrogens is 300 g/mol. The molecule has 0 radical (unpaired) electrons. The lowest BCUT2D eigenvalue weighted by molar-refractivity contribution is -0.145. The van der Waals surface area contributed by atoms with Gasteiger partial charge in [-0.1, -0.05) is 84.0 Å². The van der Waals surface area contributed by atoms with Crippen LogP contribution in [-0.4, -0.2) is 15.9 Å². The average Bonchev–Trinajstić information content (AvgIpc) is 3.10. The zero-order chi connectivity index (χ0) is 17.3. The number of esters is 1. The monoisotopic (exact) mass is 336 g/mol. The number of carbonyl (C=O) groups excluding carboxylic acids is 1. The largest absolute Gasteiger partial charge is 0.458 e. The van der Waals surface area contributed by atoms with E-state index in [4.69, 9.17) is 4.74 Å². The molecule has 0 aliphatic heterocycles. The number of nitrogens with one attached hydrogen (secondary N) is 1. The smallest absolute Gasteiger partial charge is 0.306 e. The van der Waals surface area contributed by atoms with Gasteiger partial charge in [0.05, 0.1) is 0 Å². The lowest BCUT2D eigenvalue weighted by Crippen LogP contribution is -2.05. The molecule has 0 unspecified atom stereocenters. The highest BCUT2D eigenvalue weighted by molar-refractivity contribution is 5.69. The van der Waals surface area contributed by atoms with Gasteiger partial charge in [0.25, 0.3) is 0 Å². The van der Waals surface area contributed by atoms with Crippen LogP contribution in [0.25, 0.3) is 0 Å². The number of imidazole rings is 1. The van der Waals surface area contributed by atoms with Crippen molar-refractivity contribution in [1.82, 2.24) is 9.97 Å². The summed E-state index contributed by atoms with van der Waals surface area (Å²) in [6.45, 7) is 2.52. The molecule has 0 saturated heterocycles. The van der Waals surface area contributed by atoms with Gasteiger partial charge in [0.1, 0.15) is 12.4 Å². The Bertz CT molecular complexity index is 390. The summed E-state index contributed by atoms with van der Waals surface area (Å²) in [4.78, 5) is 18.5. The van der Waals surface area contributed by atoms with Crippen molar-refractivity contribution in [2.45, 2.75) is 103 Å². The van der Waals surface area contributed by atoms with E-state index in [9.17, 15) is 4.79 Å². The predicted octanol–water partition coefficient (Wildman–Crippen LogP) is 5.93. The van der Waals surface area contributed by atoms with Crippen molar-refractivity contribution in [3.8, 4) is 0 Å². The molecule has 0 fully saturated rings. The average molecular weight is 337 g/mol. The second kappa shape index (κ2) is 15.2. The summed E-state index contributed by atoms with van der Waals surface area (Å²) in [6.07, 6.45) is 21.0. The fraction of sp³-hybridized carbons (Fsp3) is 0.800. The van der Waals surface area contributed by atoms with E-state index in [2.05, 4.69) is 16.9 Å². The van der Waals surface area contributed by atoms with Crippen LogP contribution in [0.2, 0.25) is 0 Å². The van der Waals surface area contributed by atoms with Gasteiger partial charge in [-0.2, -0.15) is 0 Å². The summed E-state index contributed by atoms with van der Waals surface area (Å²) < 4.78 is 5.16. The molecule has 4 heteroatoms. The molecule has 0 amide bonds. The molecule has 0 saturated carbocycles. The number of aromatic nitrogens is 2. The Morgan fingerprint density at radius 1 is 0.917 bits per heavy atom. The lowest BCUT2D eigenvalue weighted by Gasteiger charge is -2.04. The Labute approximate surface area is 147 Å². The first-order valence-corrected chi connectivity index (χ1v) is 9.96. The molecule has 0 aromatic carbocycles. The van der Waals surface area contributed by atoms with Crippen molar-refractivity contribution in [3.05, 3.63) is 18.2 Å². The highest BCUT2D eigenvalue weighted by Gasteiger charge is 2.04. The minimum absolute atomic E-state index is 0.116. The summed E-state index contributed by atoms with van der Waals surface area (Å²) >= 11 is 0. The first-order valence-electron chi connectivity index (χ1n) is 9.96.